The second kappa shape index (κ2) is 7.98. The maximum absolute atomic E-state index is 12.0. The van der Waals surface area contributed by atoms with Crippen molar-refractivity contribution in [3.63, 3.8) is 0 Å². The number of hydrogen-bond acceptors (Lipinski definition) is 4. The quantitative estimate of drug-likeness (QED) is 0.837. The number of methoxy groups -OCH3 is 1. The Balaban J connectivity index is 1.72. The van der Waals surface area contributed by atoms with Crippen LogP contribution in [0.3, 0.4) is 0 Å². The molecule has 2 N–H and O–H groups in total. The number of rotatable bonds is 6. The molecule has 2 rings (SSSR count). The van der Waals surface area contributed by atoms with E-state index < -0.39 is 0 Å². The molecule has 0 unspecified atom stereocenters. The van der Waals surface area contributed by atoms with Gasteiger partial charge in [-0.3, -0.25) is 9.78 Å². The van der Waals surface area contributed by atoms with Gasteiger partial charge in [-0.05, 0) is 49.7 Å². The molecule has 0 aliphatic heterocycles. The predicted octanol–water partition coefficient (Wildman–Crippen LogP) is 1.69. The van der Waals surface area contributed by atoms with Gasteiger partial charge >= 0.3 is 0 Å². The molecule has 1 aliphatic rings. The third kappa shape index (κ3) is 5.01. The number of aliphatic hydroxyl groups excluding tert-OH is 1. The molecule has 21 heavy (non-hydrogen) atoms. The van der Waals surface area contributed by atoms with Gasteiger partial charge in [-0.15, -0.1) is 0 Å². The second-order valence-corrected chi connectivity index (χ2v) is 5.70. The van der Waals surface area contributed by atoms with Crippen LogP contribution in [0.1, 0.15) is 37.7 Å². The van der Waals surface area contributed by atoms with Crippen LogP contribution in [0.25, 0.3) is 0 Å². The minimum atomic E-state index is 0.0882. The first-order valence-corrected chi connectivity index (χ1v) is 7.59. The molecule has 116 valence electrons. The number of nitrogens with zero attached hydrogens (tertiary/aromatic N) is 1. The number of carbonyl (C=O) groups excluding carboxylic acids is 1. The maximum Gasteiger partial charge on any atom is 0.220 e. The van der Waals surface area contributed by atoms with Crippen molar-refractivity contribution < 1.29 is 14.6 Å². The Kier molecular flexibility index (Phi) is 5.99. The topological polar surface area (TPSA) is 71.5 Å². The van der Waals surface area contributed by atoms with Gasteiger partial charge < -0.3 is 15.2 Å². The highest BCUT2D eigenvalue weighted by molar-refractivity contribution is 5.76. The lowest BCUT2D eigenvalue weighted by Gasteiger charge is -2.27. The first kappa shape index (κ1) is 15.8. The Hall–Kier alpha value is -1.62. The Morgan fingerprint density at radius 3 is 2.81 bits per heavy atom. The monoisotopic (exact) mass is 292 g/mol. The van der Waals surface area contributed by atoms with Crippen LogP contribution in [0.4, 0.5) is 0 Å². The first-order valence-electron chi connectivity index (χ1n) is 7.59. The van der Waals surface area contributed by atoms with E-state index >= 15 is 0 Å². The number of pyridine rings is 1. The van der Waals surface area contributed by atoms with Crippen molar-refractivity contribution in [3.8, 4) is 5.75 Å². The summed E-state index contributed by atoms with van der Waals surface area (Å²) in [6, 6.07) is 2.18. The summed E-state index contributed by atoms with van der Waals surface area (Å²) in [4.78, 5) is 16.1. The van der Waals surface area contributed by atoms with Crippen molar-refractivity contribution in [1.29, 1.82) is 0 Å². The van der Waals surface area contributed by atoms with Crippen LogP contribution in [-0.2, 0) is 11.2 Å². The van der Waals surface area contributed by atoms with Gasteiger partial charge in [-0.25, -0.2) is 0 Å². The third-order valence-electron chi connectivity index (χ3n) is 4.12. The predicted molar refractivity (Wildman–Crippen MR) is 80.1 cm³/mol. The number of aromatic nitrogens is 1. The Labute approximate surface area is 125 Å². The average molecular weight is 292 g/mol. The summed E-state index contributed by atoms with van der Waals surface area (Å²) < 4.78 is 5.12. The SMILES string of the molecule is COc1cncc(CCC(=O)NC2CCC(CO)CC2)c1. The minimum absolute atomic E-state index is 0.0882. The van der Waals surface area contributed by atoms with Gasteiger partial charge in [0, 0.05) is 25.3 Å². The van der Waals surface area contributed by atoms with Crippen molar-refractivity contribution >= 4 is 5.91 Å². The van der Waals surface area contributed by atoms with E-state index in [1.165, 1.54) is 0 Å². The molecule has 1 saturated carbocycles. The number of nitrogens with one attached hydrogen (secondary N) is 1. The molecule has 5 nitrogen and oxygen atoms in total. The number of hydrogen-bond donors (Lipinski definition) is 2. The minimum Gasteiger partial charge on any atom is -0.495 e. The van der Waals surface area contributed by atoms with E-state index in [0.717, 1.165) is 37.0 Å². The molecule has 1 fully saturated rings. The van der Waals surface area contributed by atoms with Crippen molar-refractivity contribution in [2.75, 3.05) is 13.7 Å². The summed E-state index contributed by atoms with van der Waals surface area (Å²) in [5.74, 6) is 1.22. The van der Waals surface area contributed by atoms with Crippen LogP contribution in [0.5, 0.6) is 5.75 Å². The van der Waals surface area contributed by atoms with Gasteiger partial charge in [0.05, 0.1) is 13.3 Å². The lowest BCUT2D eigenvalue weighted by molar-refractivity contribution is -0.122. The number of aryl methyl sites for hydroxylation is 1. The van der Waals surface area contributed by atoms with Crippen LogP contribution in [0, 0.1) is 5.92 Å². The van der Waals surface area contributed by atoms with Crippen molar-refractivity contribution in [2.45, 2.75) is 44.6 Å². The van der Waals surface area contributed by atoms with Crippen LogP contribution in [0.2, 0.25) is 0 Å². The van der Waals surface area contributed by atoms with E-state index in [0.29, 0.717) is 18.8 Å². The zero-order valence-corrected chi connectivity index (χ0v) is 12.5. The highest BCUT2D eigenvalue weighted by atomic mass is 16.5. The highest BCUT2D eigenvalue weighted by Crippen LogP contribution is 2.23. The van der Waals surface area contributed by atoms with Gasteiger partial charge in [-0.2, -0.15) is 0 Å². The number of amides is 1. The molecule has 0 bridgehead atoms. The number of ether oxygens (including phenoxy) is 1. The fraction of sp³-hybridized carbons (Fsp3) is 0.625. The molecule has 0 aromatic carbocycles. The fourth-order valence-electron chi connectivity index (χ4n) is 2.76. The van der Waals surface area contributed by atoms with Gasteiger partial charge in [-0.1, -0.05) is 0 Å². The molecule has 1 aliphatic carbocycles. The molecule has 1 aromatic heterocycles. The Morgan fingerprint density at radius 1 is 1.38 bits per heavy atom. The fourth-order valence-corrected chi connectivity index (χ4v) is 2.76. The smallest absolute Gasteiger partial charge is 0.220 e. The zero-order valence-electron chi connectivity index (χ0n) is 12.5. The van der Waals surface area contributed by atoms with E-state index in [9.17, 15) is 4.79 Å². The number of carbonyl (C=O) groups is 1. The zero-order chi connectivity index (χ0) is 15.1. The first-order chi connectivity index (χ1) is 10.2. The second-order valence-electron chi connectivity index (χ2n) is 5.70. The summed E-state index contributed by atoms with van der Waals surface area (Å²) in [6.45, 7) is 0.267. The van der Waals surface area contributed by atoms with E-state index in [4.69, 9.17) is 9.84 Å². The summed E-state index contributed by atoms with van der Waals surface area (Å²) >= 11 is 0. The molecule has 0 atom stereocenters. The lowest BCUT2D eigenvalue weighted by Crippen LogP contribution is -2.38. The summed E-state index contributed by atoms with van der Waals surface area (Å²) in [6.07, 6.45) is 8.50. The van der Waals surface area contributed by atoms with Crippen LogP contribution in [0.15, 0.2) is 18.5 Å². The Bertz CT molecular complexity index is 457. The maximum atomic E-state index is 12.0. The van der Waals surface area contributed by atoms with Gasteiger partial charge in [0.25, 0.3) is 0 Å². The van der Waals surface area contributed by atoms with E-state index in [1.807, 2.05) is 6.07 Å². The normalized spacial score (nSPS) is 21.8. The highest BCUT2D eigenvalue weighted by Gasteiger charge is 2.21. The third-order valence-corrected chi connectivity index (χ3v) is 4.12. The van der Waals surface area contributed by atoms with Crippen LogP contribution < -0.4 is 10.1 Å². The largest absolute Gasteiger partial charge is 0.495 e. The standard InChI is InChI=1S/C16H24N2O3/c1-21-15-8-13(9-17-10-15)4-7-16(20)18-14-5-2-12(11-19)3-6-14/h8-10,12,14,19H,2-7,11H2,1H3,(H,18,20). The van der Waals surface area contributed by atoms with Crippen molar-refractivity contribution in [3.05, 3.63) is 24.0 Å². The molecule has 0 spiro atoms. The summed E-state index contributed by atoms with van der Waals surface area (Å²) in [5, 5.41) is 12.2. The molecule has 5 heteroatoms. The van der Waals surface area contributed by atoms with Crippen LogP contribution in [-0.4, -0.2) is 35.8 Å². The summed E-state index contributed by atoms with van der Waals surface area (Å²) in [5.41, 5.74) is 1.01. The Morgan fingerprint density at radius 2 is 2.14 bits per heavy atom. The van der Waals surface area contributed by atoms with Crippen LogP contribution >= 0.6 is 0 Å². The van der Waals surface area contributed by atoms with Gasteiger partial charge in [0.1, 0.15) is 5.75 Å². The number of aliphatic hydroxyl groups is 1. The average Bonchev–Trinajstić information content (AvgIpc) is 2.54. The molecule has 0 saturated heterocycles. The molecule has 1 heterocycles. The summed E-state index contributed by atoms with van der Waals surface area (Å²) in [7, 11) is 1.61. The van der Waals surface area contributed by atoms with Crippen molar-refractivity contribution in [2.24, 2.45) is 5.92 Å². The van der Waals surface area contributed by atoms with Gasteiger partial charge in [0.15, 0.2) is 0 Å². The van der Waals surface area contributed by atoms with Crippen molar-refractivity contribution in [1.82, 2.24) is 10.3 Å². The van der Waals surface area contributed by atoms with E-state index in [1.54, 1.807) is 19.5 Å². The van der Waals surface area contributed by atoms with E-state index in [-0.39, 0.29) is 18.6 Å². The molecule has 1 aromatic rings. The molecular weight excluding hydrogens is 268 g/mol. The molecule has 0 radical (unpaired) electrons. The molecule has 1 amide bonds. The molecular formula is C16H24N2O3. The lowest BCUT2D eigenvalue weighted by atomic mass is 9.86. The van der Waals surface area contributed by atoms with E-state index in [2.05, 4.69) is 10.3 Å². The van der Waals surface area contributed by atoms with Gasteiger partial charge in [0.2, 0.25) is 5.91 Å².